The van der Waals surface area contributed by atoms with Crippen molar-refractivity contribution in [1.29, 1.82) is 0 Å². The van der Waals surface area contributed by atoms with Gasteiger partial charge < -0.3 is 5.32 Å². The first-order valence-corrected chi connectivity index (χ1v) is 9.69. The van der Waals surface area contributed by atoms with Gasteiger partial charge in [0.15, 0.2) is 0 Å². The van der Waals surface area contributed by atoms with Crippen LogP contribution in [0.15, 0.2) is 11.6 Å². The van der Waals surface area contributed by atoms with Gasteiger partial charge in [0.05, 0.1) is 12.2 Å². The number of carbonyl (C=O) groups excluding carboxylic acids is 1. The van der Waals surface area contributed by atoms with Gasteiger partial charge in [-0.3, -0.25) is 9.69 Å². The van der Waals surface area contributed by atoms with Gasteiger partial charge in [-0.1, -0.05) is 11.6 Å². The molecule has 0 atom stereocenters. The van der Waals surface area contributed by atoms with Crippen LogP contribution in [0.2, 0.25) is 0 Å². The highest BCUT2D eigenvalue weighted by Crippen LogP contribution is 2.22. The quantitative estimate of drug-likeness (QED) is 0.808. The number of allylic oxidation sites excluding steroid dienone is 1. The Kier molecular flexibility index (Phi) is 5.84. The first-order valence-electron chi connectivity index (χ1n) is 8.87. The van der Waals surface area contributed by atoms with E-state index in [1.165, 1.54) is 44.1 Å². The molecule has 5 heteroatoms. The lowest BCUT2D eigenvalue weighted by atomic mass is 9.97. The van der Waals surface area contributed by atoms with Crippen LogP contribution in [0.25, 0.3) is 0 Å². The van der Waals surface area contributed by atoms with Gasteiger partial charge in [0.2, 0.25) is 0 Å². The molecule has 0 unspecified atom stereocenters. The highest BCUT2D eigenvalue weighted by Gasteiger charge is 2.18. The Balaban J connectivity index is 1.50. The largest absolute Gasteiger partial charge is 0.351 e. The van der Waals surface area contributed by atoms with E-state index in [9.17, 15) is 4.79 Å². The van der Waals surface area contributed by atoms with Crippen LogP contribution in [0.1, 0.15) is 65.3 Å². The molecular formula is C18H27N3OS. The minimum Gasteiger partial charge on any atom is -0.351 e. The average molecular weight is 334 g/mol. The fourth-order valence-electron chi connectivity index (χ4n) is 3.41. The number of rotatable bonds is 6. The summed E-state index contributed by atoms with van der Waals surface area (Å²) in [7, 11) is 0. The molecule has 1 saturated heterocycles. The Bertz CT molecular complexity index is 573. The molecule has 1 aliphatic carbocycles. The van der Waals surface area contributed by atoms with E-state index < -0.39 is 0 Å². The molecule has 0 bridgehead atoms. The number of likely N-dealkylation sites (tertiary alicyclic amines) is 1. The number of thiazole rings is 1. The maximum absolute atomic E-state index is 12.4. The van der Waals surface area contributed by atoms with E-state index in [1.54, 1.807) is 11.3 Å². The monoisotopic (exact) mass is 333 g/mol. The summed E-state index contributed by atoms with van der Waals surface area (Å²) in [5, 5.41) is 4.14. The van der Waals surface area contributed by atoms with E-state index in [-0.39, 0.29) is 5.91 Å². The average Bonchev–Trinajstić information content (AvgIpc) is 3.18. The van der Waals surface area contributed by atoms with Crippen LogP contribution < -0.4 is 5.32 Å². The summed E-state index contributed by atoms with van der Waals surface area (Å²) in [6.45, 7) is 5.90. The van der Waals surface area contributed by atoms with Crippen LogP contribution in [-0.4, -0.2) is 35.4 Å². The summed E-state index contributed by atoms with van der Waals surface area (Å²) >= 11 is 1.56. The van der Waals surface area contributed by atoms with Gasteiger partial charge in [0.25, 0.3) is 5.91 Å². The maximum Gasteiger partial charge on any atom is 0.263 e. The number of carbonyl (C=O) groups is 1. The summed E-state index contributed by atoms with van der Waals surface area (Å²) in [5.74, 6) is 0.0454. The van der Waals surface area contributed by atoms with Crippen LogP contribution in [0.3, 0.4) is 0 Å². The lowest BCUT2D eigenvalue weighted by Gasteiger charge is -2.12. The van der Waals surface area contributed by atoms with Crippen LogP contribution in [-0.2, 0) is 6.54 Å². The predicted octanol–water partition coefficient (Wildman–Crippen LogP) is 3.67. The van der Waals surface area contributed by atoms with Crippen molar-refractivity contribution in [3.8, 4) is 0 Å². The molecule has 1 aliphatic heterocycles. The van der Waals surface area contributed by atoms with Gasteiger partial charge in [-0.15, -0.1) is 11.3 Å². The van der Waals surface area contributed by atoms with E-state index in [1.807, 2.05) is 6.92 Å². The molecule has 0 radical (unpaired) electrons. The SMILES string of the molecule is Cc1nc(CN2CCCC2)sc1C(=O)NCCC1=CCCCC1. The Morgan fingerprint density at radius 1 is 1.30 bits per heavy atom. The van der Waals surface area contributed by atoms with Crippen molar-refractivity contribution in [2.24, 2.45) is 0 Å². The highest BCUT2D eigenvalue weighted by molar-refractivity contribution is 7.13. The van der Waals surface area contributed by atoms with Crippen LogP contribution in [0.4, 0.5) is 0 Å². The summed E-state index contributed by atoms with van der Waals surface area (Å²) < 4.78 is 0. The van der Waals surface area contributed by atoms with Gasteiger partial charge >= 0.3 is 0 Å². The Hall–Kier alpha value is -1.20. The maximum atomic E-state index is 12.4. The smallest absolute Gasteiger partial charge is 0.263 e. The van der Waals surface area contributed by atoms with Crippen molar-refractivity contribution >= 4 is 17.2 Å². The Labute approximate surface area is 143 Å². The molecule has 0 spiro atoms. The number of aryl methyl sites for hydroxylation is 1. The molecule has 0 saturated carbocycles. The van der Waals surface area contributed by atoms with Gasteiger partial charge in [-0.05, 0) is 65.0 Å². The third kappa shape index (κ3) is 4.64. The summed E-state index contributed by atoms with van der Waals surface area (Å²) in [5.41, 5.74) is 2.38. The van der Waals surface area contributed by atoms with Crippen LogP contribution in [0.5, 0.6) is 0 Å². The zero-order valence-electron chi connectivity index (χ0n) is 14.1. The third-order valence-corrected chi connectivity index (χ3v) is 5.86. The molecule has 1 N–H and O–H groups in total. The number of aromatic nitrogens is 1. The molecule has 1 aromatic heterocycles. The zero-order chi connectivity index (χ0) is 16.1. The lowest BCUT2D eigenvalue weighted by Crippen LogP contribution is -2.24. The van der Waals surface area contributed by atoms with Gasteiger partial charge in [0, 0.05) is 6.54 Å². The summed E-state index contributed by atoms with van der Waals surface area (Å²) in [4.78, 5) is 20.2. The highest BCUT2D eigenvalue weighted by atomic mass is 32.1. The second kappa shape index (κ2) is 8.06. The van der Waals surface area contributed by atoms with E-state index in [0.717, 1.165) is 48.2 Å². The van der Waals surface area contributed by atoms with Gasteiger partial charge in [-0.25, -0.2) is 4.98 Å². The Morgan fingerprint density at radius 2 is 2.13 bits per heavy atom. The third-order valence-electron chi connectivity index (χ3n) is 4.72. The first-order chi connectivity index (χ1) is 11.2. The molecule has 2 aliphatic rings. The standard InChI is InChI=1S/C18H27N3OS/c1-14-17(23-16(20-14)13-21-11-5-6-12-21)18(22)19-10-9-15-7-3-2-4-8-15/h7H,2-6,8-13H2,1H3,(H,19,22). The molecule has 1 aromatic rings. The van der Waals surface area contributed by atoms with E-state index in [2.05, 4.69) is 21.3 Å². The minimum atomic E-state index is 0.0454. The topological polar surface area (TPSA) is 45.2 Å². The number of hydrogen-bond donors (Lipinski definition) is 1. The van der Waals surface area contributed by atoms with Crippen molar-refractivity contribution in [1.82, 2.24) is 15.2 Å². The molecule has 0 aromatic carbocycles. The minimum absolute atomic E-state index is 0.0454. The summed E-state index contributed by atoms with van der Waals surface area (Å²) in [6.07, 6.45) is 10.9. The van der Waals surface area contributed by atoms with Crippen molar-refractivity contribution in [3.05, 3.63) is 27.2 Å². The van der Waals surface area contributed by atoms with Crippen molar-refractivity contribution in [2.75, 3.05) is 19.6 Å². The van der Waals surface area contributed by atoms with Crippen LogP contribution >= 0.6 is 11.3 Å². The van der Waals surface area contributed by atoms with E-state index >= 15 is 0 Å². The molecular weight excluding hydrogens is 306 g/mol. The van der Waals surface area contributed by atoms with Crippen LogP contribution in [0, 0.1) is 6.92 Å². The molecule has 126 valence electrons. The fraction of sp³-hybridized carbons (Fsp3) is 0.667. The first kappa shape index (κ1) is 16.7. The second-order valence-corrected chi connectivity index (χ2v) is 7.70. The van der Waals surface area contributed by atoms with Gasteiger partial charge in [-0.2, -0.15) is 0 Å². The molecule has 1 fully saturated rings. The zero-order valence-corrected chi connectivity index (χ0v) is 14.9. The van der Waals surface area contributed by atoms with Crippen molar-refractivity contribution in [3.63, 3.8) is 0 Å². The van der Waals surface area contributed by atoms with E-state index in [4.69, 9.17) is 0 Å². The number of amides is 1. The van der Waals surface area contributed by atoms with Crippen molar-refractivity contribution < 1.29 is 4.79 Å². The van der Waals surface area contributed by atoms with E-state index in [0.29, 0.717) is 0 Å². The predicted molar refractivity (Wildman–Crippen MR) is 94.9 cm³/mol. The summed E-state index contributed by atoms with van der Waals surface area (Å²) in [6, 6.07) is 0. The van der Waals surface area contributed by atoms with Gasteiger partial charge in [0.1, 0.15) is 9.88 Å². The number of nitrogens with one attached hydrogen (secondary N) is 1. The molecule has 3 rings (SSSR count). The number of nitrogens with zero attached hydrogens (tertiary/aromatic N) is 2. The normalized spacial score (nSPS) is 18.9. The molecule has 4 nitrogen and oxygen atoms in total. The Morgan fingerprint density at radius 3 is 2.87 bits per heavy atom. The fourth-order valence-corrected chi connectivity index (χ4v) is 4.43. The molecule has 23 heavy (non-hydrogen) atoms. The number of hydrogen-bond acceptors (Lipinski definition) is 4. The molecule has 1 amide bonds. The van der Waals surface area contributed by atoms with Crippen molar-refractivity contribution in [2.45, 2.75) is 58.4 Å². The molecule has 2 heterocycles. The second-order valence-electron chi connectivity index (χ2n) is 6.62. The lowest BCUT2D eigenvalue weighted by molar-refractivity contribution is 0.0957.